The van der Waals surface area contributed by atoms with Crippen molar-refractivity contribution in [3.05, 3.63) is 113 Å². The first-order valence-corrected chi connectivity index (χ1v) is 13.9. The topological polar surface area (TPSA) is 86.6 Å². The number of thiophene rings is 1. The Labute approximate surface area is 247 Å². The van der Waals surface area contributed by atoms with Gasteiger partial charge in [0.25, 0.3) is 0 Å². The van der Waals surface area contributed by atoms with Crippen molar-refractivity contribution in [2.75, 3.05) is 12.4 Å². The molecule has 1 amide bonds. The molecule has 8 heteroatoms. The molecule has 218 valence electrons. The number of hydrogen-bond donors (Lipinski definition) is 3. The Morgan fingerprint density at radius 1 is 1.07 bits per heavy atom. The number of anilines is 1. The van der Waals surface area contributed by atoms with Gasteiger partial charge in [-0.05, 0) is 62.6 Å². The molecule has 0 fully saturated rings. The standard InChI is InChI=1S/C20H15ClFNO2S.C5H8O.C4H8.C2H6.CH4O/c21-15-8-5-14(6-9-15)20-16(11-24)18(12-26-20)23-19(25)10-7-13-3-1-2-4-17(13)22;1-3-4-5(2)6;1-3-4-2;2*1-2/h1-6,8-9,11-12H,7,10H2,(H,23,25);3-4,6H,1H2,2H3;3-4H,1-2H3;1-2H3;2H,1H3/b;5-4+;4-3-;;. The van der Waals surface area contributed by atoms with Crippen LogP contribution in [0.1, 0.15) is 57.0 Å². The summed E-state index contributed by atoms with van der Waals surface area (Å²) >= 11 is 7.26. The van der Waals surface area contributed by atoms with E-state index in [1.807, 2.05) is 52.0 Å². The van der Waals surface area contributed by atoms with Crippen LogP contribution in [0.5, 0.6) is 0 Å². The van der Waals surface area contributed by atoms with E-state index in [1.165, 1.54) is 29.6 Å². The molecular weight excluding hydrogens is 549 g/mol. The van der Waals surface area contributed by atoms with Gasteiger partial charge >= 0.3 is 0 Å². The normalized spacial score (nSPS) is 9.78. The zero-order valence-electron chi connectivity index (χ0n) is 24.1. The van der Waals surface area contributed by atoms with E-state index in [4.69, 9.17) is 21.8 Å². The van der Waals surface area contributed by atoms with Crippen molar-refractivity contribution < 1.29 is 24.2 Å². The highest BCUT2D eigenvalue weighted by Gasteiger charge is 2.15. The van der Waals surface area contributed by atoms with Gasteiger partial charge in [-0.3, -0.25) is 9.59 Å². The molecule has 0 saturated heterocycles. The maximum atomic E-state index is 13.6. The molecular formula is C32H41ClFNO4S. The van der Waals surface area contributed by atoms with E-state index in [0.29, 0.717) is 34.0 Å². The zero-order chi connectivity index (χ0) is 30.9. The van der Waals surface area contributed by atoms with Gasteiger partial charge in [-0.25, -0.2) is 4.39 Å². The summed E-state index contributed by atoms with van der Waals surface area (Å²) in [4.78, 5) is 24.5. The molecule has 2 aromatic carbocycles. The zero-order valence-corrected chi connectivity index (χ0v) is 25.7. The Kier molecular flexibility index (Phi) is 23.7. The largest absolute Gasteiger partial charge is 0.513 e. The van der Waals surface area contributed by atoms with Crippen LogP contribution in [-0.2, 0) is 11.2 Å². The Morgan fingerprint density at radius 2 is 1.65 bits per heavy atom. The molecule has 1 aromatic heterocycles. The van der Waals surface area contributed by atoms with Crippen molar-refractivity contribution in [1.82, 2.24) is 0 Å². The van der Waals surface area contributed by atoms with Crippen molar-refractivity contribution >= 4 is 40.8 Å². The average molecular weight is 590 g/mol. The number of nitrogens with one attached hydrogen (secondary N) is 1. The first-order chi connectivity index (χ1) is 19.3. The van der Waals surface area contributed by atoms with E-state index in [2.05, 4.69) is 11.9 Å². The molecule has 5 nitrogen and oxygen atoms in total. The van der Waals surface area contributed by atoms with Gasteiger partial charge < -0.3 is 15.5 Å². The van der Waals surface area contributed by atoms with E-state index in [-0.39, 0.29) is 18.1 Å². The van der Waals surface area contributed by atoms with Gasteiger partial charge in [0.15, 0.2) is 6.29 Å². The molecule has 0 radical (unpaired) electrons. The number of halogens is 2. The summed E-state index contributed by atoms with van der Waals surface area (Å²) in [5.74, 6) is -0.295. The van der Waals surface area contributed by atoms with Gasteiger partial charge in [-0.15, -0.1) is 11.3 Å². The van der Waals surface area contributed by atoms with E-state index in [1.54, 1.807) is 42.6 Å². The molecule has 0 aliphatic rings. The first-order valence-electron chi connectivity index (χ1n) is 12.6. The first kappa shape index (κ1) is 38.6. The van der Waals surface area contributed by atoms with Gasteiger partial charge in [0.05, 0.1) is 17.0 Å². The molecule has 40 heavy (non-hydrogen) atoms. The molecule has 3 rings (SSSR count). The lowest BCUT2D eigenvalue weighted by Crippen LogP contribution is -2.13. The second kappa shape index (κ2) is 24.5. The van der Waals surface area contributed by atoms with E-state index in [9.17, 15) is 14.0 Å². The summed E-state index contributed by atoms with van der Waals surface area (Å²) in [6, 6.07) is 13.5. The van der Waals surface area contributed by atoms with Crippen LogP contribution in [0.15, 0.2) is 90.6 Å². The molecule has 0 aliphatic carbocycles. The number of rotatable bonds is 7. The lowest BCUT2D eigenvalue weighted by molar-refractivity contribution is -0.116. The van der Waals surface area contributed by atoms with Crippen LogP contribution in [0.2, 0.25) is 5.02 Å². The van der Waals surface area contributed by atoms with Crippen LogP contribution < -0.4 is 5.32 Å². The predicted octanol–water partition coefficient (Wildman–Crippen LogP) is 9.44. The number of hydrogen-bond acceptors (Lipinski definition) is 5. The van der Waals surface area contributed by atoms with Crippen molar-refractivity contribution in [1.29, 1.82) is 0 Å². The predicted molar refractivity (Wildman–Crippen MR) is 170 cm³/mol. The van der Waals surface area contributed by atoms with Crippen molar-refractivity contribution in [2.24, 2.45) is 0 Å². The van der Waals surface area contributed by atoms with Gasteiger partial charge in [-0.1, -0.05) is 80.6 Å². The number of aliphatic hydroxyl groups excluding tert-OH is 2. The quantitative estimate of drug-likeness (QED) is 0.111. The molecule has 0 aliphatic heterocycles. The summed E-state index contributed by atoms with van der Waals surface area (Å²) in [7, 11) is 1.00. The van der Waals surface area contributed by atoms with Crippen LogP contribution in [0, 0.1) is 5.82 Å². The summed E-state index contributed by atoms with van der Waals surface area (Å²) in [5.41, 5.74) is 2.24. The summed E-state index contributed by atoms with van der Waals surface area (Å²) in [6.45, 7) is 13.0. The molecule has 0 spiro atoms. The summed E-state index contributed by atoms with van der Waals surface area (Å²) in [6.07, 6.45) is 8.22. The number of carbonyl (C=O) groups excluding carboxylic acids is 2. The van der Waals surface area contributed by atoms with Crippen molar-refractivity contribution in [2.45, 2.75) is 47.5 Å². The number of aliphatic hydroxyl groups is 2. The number of aryl methyl sites for hydroxylation is 1. The van der Waals surface area contributed by atoms with Crippen LogP contribution in [0.3, 0.4) is 0 Å². The van der Waals surface area contributed by atoms with Gasteiger partial charge in [-0.2, -0.15) is 0 Å². The second-order valence-electron chi connectivity index (χ2n) is 7.37. The van der Waals surface area contributed by atoms with Crippen LogP contribution in [0.25, 0.3) is 10.4 Å². The third-order valence-electron chi connectivity index (χ3n) is 4.60. The highest BCUT2D eigenvalue weighted by atomic mass is 35.5. The Morgan fingerprint density at radius 3 is 2.10 bits per heavy atom. The molecule has 3 aromatic rings. The molecule has 0 bridgehead atoms. The Balaban J connectivity index is 0. The average Bonchev–Trinajstić information content (AvgIpc) is 3.37. The fourth-order valence-corrected chi connectivity index (χ4v) is 3.84. The SMILES string of the molecule is C/C=C\C.C=C/C=C(\C)O.CC.CO.O=Cc1c(NC(=O)CCc2ccccc2F)csc1-c1ccc(Cl)cc1. The Hall–Kier alpha value is -3.52. The summed E-state index contributed by atoms with van der Waals surface area (Å²) in [5, 5.41) is 20.4. The van der Waals surface area contributed by atoms with E-state index < -0.39 is 0 Å². The third-order valence-corrected chi connectivity index (χ3v) is 5.90. The maximum absolute atomic E-state index is 13.6. The molecule has 0 unspecified atom stereocenters. The minimum Gasteiger partial charge on any atom is -0.513 e. The highest BCUT2D eigenvalue weighted by molar-refractivity contribution is 7.14. The maximum Gasteiger partial charge on any atom is 0.224 e. The van der Waals surface area contributed by atoms with E-state index >= 15 is 0 Å². The van der Waals surface area contributed by atoms with Crippen molar-refractivity contribution in [3.8, 4) is 10.4 Å². The van der Waals surface area contributed by atoms with Gasteiger partial charge in [0, 0.05) is 28.8 Å². The third kappa shape index (κ3) is 15.8. The number of amides is 1. The van der Waals surface area contributed by atoms with Crippen LogP contribution in [-0.4, -0.2) is 29.5 Å². The molecule has 0 atom stereocenters. The number of benzene rings is 2. The minimum absolute atomic E-state index is 0.130. The van der Waals surface area contributed by atoms with Gasteiger partial charge in [0.2, 0.25) is 5.91 Å². The second-order valence-corrected chi connectivity index (χ2v) is 8.68. The number of allylic oxidation sites excluding steroid dienone is 5. The molecule has 0 saturated carbocycles. The molecule has 1 heterocycles. The van der Waals surface area contributed by atoms with E-state index in [0.717, 1.165) is 23.8 Å². The van der Waals surface area contributed by atoms with Crippen LogP contribution >= 0.6 is 22.9 Å². The monoisotopic (exact) mass is 589 g/mol. The lowest BCUT2D eigenvalue weighted by atomic mass is 10.1. The smallest absolute Gasteiger partial charge is 0.224 e. The highest BCUT2D eigenvalue weighted by Crippen LogP contribution is 2.35. The Bertz CT molecular complexity index is 1180. The number of carbonyl (C=O) groups is 2. The molecule has 3 N–H and O–H groups in total. The fourth-order valence-electron chi connectivity index (χ4n) is 2.74. The minimum atomic E-state index is -0.325. The fraction of sp³-hybridized carbons (Fsp3) is 0.250. The van der Waals surface area contributed by atoms with Crippen molar-refractivity contribution in [3.63, 3.8) is 0 Å². The summed E-state index contributed by atoms with van der Waals surface area (Å²) < 4.78 is 13.6. The lowest BCUT2D eigenvalue weighted by Gasteiger charge is -2.06. The van der Waals surface area contributed by atoms with Crippen LogP contribution in [0.4, 0.5) is 10.1 Å². The van der Waals surface area contributed by atoms with Gasteiger partial charge in [0.1, 0.15) is 5.82 Å². The number of aldehydes is 1.